The minimum Gasteiger partial charge on any atom is -0.399 e. The molecule has 1 aromatic carbocycles. The monoisotopic (exact) mass is 256 g/mol. The van der Waals surface area contributed by atoms with E-state index in [2.05, 4.69) is 40.9 Å². The zero-order valence-corrected chi connectivity index (χ0v) is 12.2. The first-order valence-corrected chi connectivity index (χ1v) is 6.55. The maximum atomic E-state index is 6.04. The molecule has 0 N–H and O–H groups in total. The quantitative estimate of drug-likeness (QED) is 0.773. The number of benzene rings is 1. The molecule has 3 heteroatoms. The van der Waals surface area contributed by atoms with Gasteiger partial charge in [-0.1, -0.05) is 43.5 Å². The van der Waals surface area contributed by atoms with E-state index < -0.39 is 0 Å². The van der Waals surface area contributed by atoms with Crippen LogP contribution in [-0.4, -0.2) is 18.3 Å². The molecule has 1 aliphatic heterocycles. The Hall–Kier alpha value is -1.32. The van der Waals surface area contributed by atoms with Gasteiger partial charge in [0, 0.05) is 0 Å². The Morgan fingerprint density at radius 1 is 0.947 bits per heavy atom. The molecule has 2 nitrogen and oxygen atoms in total. The molecule has 1 aromatic rings. The molecule has 0 bridgehead atoms. The predicted molar refractivity (Wildman–Crippen MR) is 82.3 cm³/mol. The van der Waals surface area contributed by atoms with Crippen LogP contribution in [0.15, 0.2) is 31.4 Å². The molecule has 2 rings (SSSR count). The molecule has 0 unspecified atom stereocenters. The van der Waals surface area contributed by atoms with E-state index in [-0.39, 0.29) is 18.3 Å². The summed E-state index contributed by atoms with van der Waals surface area (Å²) in [5.74, 6) is 0. The highest BCUT2D eigenvalue weighted by Crippen LogP contribution is 2.36. The maximum Gasteiger partial charge on any atom is 0.494 e. The number of hydrogen-bond acceptors (Lipinski definition) is 2. The standard InChI is InChI=1S/C16H21BO2/c1-7-12-9-10-14(11-13(12)8-2)17-18-15(3,4)16(5,6)19-17/h7-11H,1-2H2,3-6H3. The van der Waals surface area contributed by atoms with Crippen LogP contribution in [0.2, 0.25) is 0 Å². The van der Waals surface area contributed by atoms with Crippen LogP contribution in [0.5, 0.6) is 0 Å². The van der Waals surface area contributed by atoms with Crippen molar-refractivity contribution >= 4 is 24.7 Å². The smallest absolute Gasteiger partial charge is 0.399 e. The second-order valence-corrected chi connectivity index (χ2v) is 5.88. The first-order chi connectivity index (χ1) is 8.80. The van der Waals surface area contributed by atoms with Crippen LogP contribution < -0.4 is 5.46 Å². The van der Waals surface area contributed by atoms with Gasteiger partial charge in [-0.25, -0.2) is 0 Å². The molecule has 1 aliphatic rings. The van der Waals surface area contributed by atoms with Crippen molar-refractivity contribution in [2.24, 2.45) is 0 Å². The lowest BCUT2D eigenvalue weighted by Crippen LogP contribution is -2.41. The Morgan fingerprint density at radius 2 is 1.47 bits per heavy atom. The summed E-state index contributed by atoms with van der Waals surface area (Å²) >= 11 is 0. The van der Waals surface area contributed by atoms with Gasteiger partial charge in [0.1, 0.15) is 0 Å². The molecular formula is C16H21BO2. The van der Waals surface area contributed by atoms with Crippen molar-refractivity contribution in [2.75, 3.05) is 0 Å². The summed E-state index contributed by atoms with van der Waals surface area (Å²) in [6, 6.07) is 6.09. The van der Waals surface area contributed by atoms with Gasteiger partial charge < -0.3 is 9.31 Å². The van der Waals surface area contributed by atoms with E-state index in [0.717, 1.165) is 16.6 Å². The first kappa shape index (κ1) is 14.1. The van der Waals surface area contributed by atoms with Crippen molar-refractivity contribution in [3.63, 3.8) is 0 Å². The average Bonchev–Trinajstić information content (AvgIpc) is 2.57. The third-order valence-electron chi connectivity index (χ3n) is 4.08. The number of hydrogen-bond donors (Lipinski definition) is 0. The lowest BCUT2D eigenvalue weighted by atomic mass is 9.77. The molecule has 0 radical (unpaired) electrons. The molecule has 0 amide bonds. The molecule has 0 atom stereocenters. The summed E-state index contributed by atoms with van der Waals surface area (Å²) in [5.41, 5.74) is 2.49. The molecular weight excluding hydrogens is 235 g/mol. The summed E-state index contributed by atoms with van der Waals surface area (Å²) in [5, 5.41) is 0. The van der Waals surface area contributed by atoms with Gasteiger partial charge in [-0.15, -0.1) is 0 Å². The van der Waals surface area contributed by atoms with Crippen LogP contribution in [0.1, 0.15) is 38.8 Å². The Balaban J connectivity index is 2.35. The molecule has 0 spiro atoms. The van der Waals surface area contributed by atoms with Gasteiger partial charge in [0.25, 0.3) is 0 Å². The Bertz CT molecular complexity index is 501. The average molecular weight is 256 g/mol. The van der Waals surface area contributed by atoms with Gasteiger partial charge in [-0.3, -0.25) is 0 Å². The van der Waals surface area contributed by atoms with Crippen molar-refractivity contribution in [1.29, 1.82) is 0 Å². The molecule has 1 heterocycles. The highest BCUT2D eigenvalue weighted by molar-refractivity contribution is 6.62. The van der Waals surface area contributed by atoms with Gasteiger partial charge in [0.2, 0.25) is 0 Å². The third-order valence-corrected chi connectivity index (χ3v) is 4.08. The molecule has 1 saturated heterocycles. The SMILES string of the molecule is C=Cc1ccc(B2OC(C)(C)C(C)(C)O2)cc1C=C. The maximum absolute atomic E-state index is 6.04. The summed E-state index contributed by atoms with van der Waals surface area (Å²) < 4.78 is 12.1. The minimum absolute atomic E-state index is 0.316. The fourth-order valence-corrected chi connectivity index (χ4v) is 2.08. The van der Waals surface area contributed by atoms with Gasteiger partial charge in [0.15, 0.2) is 0 Å². The highest BCUT2D eigenvalue weighted by Gasteiger charge is 2.51. The zero-order valence-electron chi connectivity index (χ0n) is 12.2. The molecule has 0 aromatic heterocycles. The van der Waals surface area contributed by atoms with Crippen LogP contribution >= 0.6 is 0 Å². The second kappa shape index (κ2) is 4.66. The Labute approximate surface area is 116 Å². The normalized spacial score (nSPS) is 20.3. The van der Waals surface area contributed by atoms with E-state index in [1.165, 1.54) is 0 Å². The first-order valence-electron chi connectivity index (χ1n) is 6.55. The number of rotatable bonds is 3. The summed E-state index contributed by atoms with van der Waals surface area (Å²) in [7, 11) is -0.331. The zero-order chi connectivity index (χ0) is 14.3. The Morgan fingerprint density at radius 3 is 1.95 bits per heavy atom. The van der Waals surface area contributed by atoms with Crippen molar-refractivity contribution in [1.82, 2.24) is 0 Å². The van der Waals surface area contributed by atoms with E-state index in [0.29, 0.717) is 0 Å². The van der Waals surface area contributed by atoms with E-state index in [9.17, 15) is 0 Å². The molecule has 100 valence electrons. The largest absolute Gasteiger partial charge is 0.494 e. The van der Waals surface area contributed by atoms with E-state index in [4.69, 9.17) is 9.31 Å². The molecule has 19 heavy (non-hydrogen) atoms. The van der Waals surface area contributed by atoms with Crippen LogP contribution in [0.4, 0.5) is 0 Å². The van der Waals surface area contributed by atoms with Crippen molar-refractivity contribution in [3.05, 3.63) is 42.5 Å². The minimum atomic E-state index is -0.331. The lowest BCUT2D eigenvalue weighted by Gasteiger charge is -2.32. The van der Waals surface area contributed by atoms with Gasteiger partial charge >= 0.3 is 7.12 Å². The molecule has 1 fully saturated rings. The fourth-order valence-electron chi connectivity index (χ4n) is 2.08. The van der Waals surface area contributed by atoms with Gasteiger partial charge in [-0.05, 0) is 44.3 Å². The van der Waals surface area contributed by atoms with Crippen LogP contribution in [-0.2, 0) is 9.31 Å². The third kappa shape index (κ3) is 2.40. The Kier molecular flexibility index (Phi) is 3.46. The predicted octanol–water partition coefficient (Wildman–Crippen LogP) is 3.27. The summed E-state index contributed by atoms with van der Waals surface area (Å²) in [6.45, 7) is 15.9. The van der Waals surface area contributed by atoms with Crippen molar-refractivity contribution in [3.8, 4) is 0 Å². The fraction of sp³-hybridized carbons (Fsp3) is 0.375. The van der Waals surface area contributed by atoms with Crippen molar-refractivity contribution < 1.29 is 9.31 Å². The second-order valence-electron chi connectivity index (χ2n) is 5.88. The summed E-state index contributed by atoms with van der Waals surface area (Å²) in [4.78, 5) is 0. The topological polar surface area (TPSA) is 18.5 Å². The lowest BCUT2D eigenvalue weighted by molar-refractivity contribution is 0.00578. The van der Waals surface area contributed by atoms with Crippen molar-refractivity contribution in [2.45, 2.75) is 38.9 Å². The summed E-state index contributed by atoms with van der Waals surface area (Å²) in [6.07, 6.45) is 3.65. The van der Waals surface area contributed by atoms with E-state index >= 15 is 0 Å². The van der Waals surface area contributed by atoms with E-state index in [1.807, 2.05) is 30.4 Å². The van der Waals surface area contributed by atoms with Gasteiger partial charge in [-0.2, -0.15) is 0 Å². The van der Waals surface area contributed by atoms with Gasteiger partial charge in [0.05, 0.1) is 11.2 Å². The molecule has 0 aliphatic carbocycles. The van der Waals surface area contributed by atoms with Crippen LogP contribution in [0.3, 0.4) is 0 Å². The van der Waals surface area contributed by atoms with E-state index in [1.54, 1.807) is 0 Å². The van der Waals surface area contributed by atoms with Crippen LogP contribution in [0.25, 0.3) is 12.2 Å². The highest BCUT2D eigenvalue weighted by atomic mass is 16.7. The van der Waals surface area contributed by atoms with Crippen LogP contribution in [0, 0.1) is 0 Å². The molecule has 0 saturated carbocycles.